The average molecular weight is 368 g/mol. The highest BCUT2D eigenvalue weighted by Crippen LogP contribution is 2.14. The van der Waals surface area contributed by atoms with Gasteiger partial charge in [0.1, 0.15) is 0 Å². The van der Waals surface area contributed by atoms with Crippen LogP contribution in [0.4, 0.5) is 0 Å². The zero-order chi connectivity index (χ0) is 12.7. The molecule has 0 aliphatic carbocycles. The predicted molar refractivity (Wildman–Crippen MR) is 89.7 cm³/mol. The van der Waals surface area contributed by atoms with Gasteiger partial charge in [-0.3, -0.25) is 4.99 Å². The van der Waals surface area contributed by atoms with Gasteiger partial charge in [-0.1, -0.05) is 6.92 Å². The molecule has 0 aromatic heterocycles. The van der Waals surface area contributed by atoms with Gasteiger partial charge < -0.3 is 15.5 Å². The van der Waals surface area contributed by atoms with Gasteiger partial charge in [-0.2, -0.15) is 0 Å². The van der Waals surface area contributed by atoms with E-state index >= 15 is 0 Å². The molecule has 1 atom stereocenters. The first-order chi connectivity index (χ1) is 8.17. The molecule has 0 amide bonds. The third-order valence-electron chi connectivity index (χ3n) is 3.52. The van der Waals surface area contributed by atoms with E-state index in [0.717, 1.165) is 32.1 Å². The molecule has 108 valence electrons. The van der Waals surface area contributed by atoms with Crippen molar-refractivity contribution in [2.45, 2.75) is 33.6 Å². The molecule has 2 N–H and O–H groups in total. The van der Waals surface area contributed by atoms with Crippen LogP contribution >= 0.6 is 24.0 Å². The highest BCUT2D eigenvalue weighted by Gasteiger charge is 2.15. The molecule has 1 saturated heterocycles. The molecule has 18 heavy (non-hydrogen) atoms. The fraction of sp³-hybridized carbons (Fsp3) is 0.923. The zero-order valence-corrected chi connectivity index (χ0v) is 14.4. The minimum absolute atomic E-state index is 0. The van der Waals surface area contributed by atoms with Crippen LogP contribution in [0.1, 0.15) is 33.6 Å². The van der Waals surface area contributed by atoms with Gasteiger partial charge in [-0.25, -0.2) is 0 Å². The Hall–Kier alpha value is -0.0400. The zero-order valence-electron chi connectivity index (χ0n) is 12.1. The first-order valence-corrected chi connectivity index (χ1v) is 6.94. The van der Waals surface area contributed by atoms with Crippen LogP contribution in [0.25, 0.3) is 0 Å². The van der Waals surface area contributed by atoms with Crippen molar-refractivity contribution in [2.24, 2.45) is 16.6 Å². The van der Waals surface area contributed by atoms with Crippen molar-refractivity contribution in [2.75, 3.05) is 39.3 Å². The summed E-state index contributed by atoms with van der Waals surface area (Å²) in [6, 6.07) is 0. The third-order valence-corrected chi connectivity index (χ3v) is 3.52. The first-order valence-electron chi connectivity index (χ1n) is 6.94. The summed E-state index contributed by atoms with van der Waals surface area (Å²) in [7, 11) is 0. The van der Waals surface area contributed by atoms with E-state index < -0.39 is 0 Å². The molecule has 1 aliphatic rings. The Bertz CT molecular complexity index is 241. The van der Waals surface area contributed by atoms with E-state index in [1.807, 2.05) is 0 Å². The number of hydrogen-bond acceptors (Lipinski definition) is 2. The standard InChI is InChI=1S/C13H28N4.HI/c1-4-17(5-2)13(14)15-8-10-16-9-6-7-12(3)11-16;/h12H,4-11H2,1-3H3,(H2,14,15);1H. The molecule has 1 rings (SSSR count). The molecule has 0 aromatic carbocycles. The quantitative estimate of drug-likeness (QED) is 0.459. The van der Waals surface area contributed by atoms with Crippen molar-refractivity contribution in [1.29, 1.82) is 0 Å². The summed E-state index contributed by atoms with van der Waals surface area (Å²) >= 11 is 0. The summed E-state index contributed by atoms with van der Waals surface area (Å²) in [5.74, 6) is 1.54. The first kappa shape index (κ1) is 18.0. The van der Waals surface area contributed by atoms with Crippen LogP contribution in [0, 0.1) is 5.92 Å². The molecule has 1 aliphatic heterocycles. The number of rotatable bonds is 5. The number of guanidine groups is 1. The molecule has 1 fully saturated rings. The number of aliphatic imine (C=N–C) groups is 1. The summed E-state index contributed by atoms with van der Waals surface area (Å²) in [4.78, 5) is 9.07. The summed E-state index contributed by atoms with van der Waals surface area (Å²) in [5, 5.41) is 0. The van der Waals surface area contributed by atoms with E-state index in [1.165, 1.54) is 25.9 Å². The van der Waals surface area contributed by atoms with Gasteiger partial charge in [0.2, 0.25) is 0 Å². The maximum Gasteiger partial charge on any atom is 0.191 e. The van der Waals surface area contributed by atoms with Crippen LogP contribution in [0.15, 0.2) is 4.99 Å². The van der Waals surface area contributed by atoms with E-state index in [4.69, 9.17) is 5.73 Å². The smallest absolute Gasteiger partial charge is 0.191 e. The third kappa shape index (κ3) is 6.22. The minimum Gasteiger partial charge on any atom is -0.370 e. The predicted octanol–water partition coefficient (Wildman–Crippen LogP) is 1.99. The number of nitrogens with two attached hydrogens (primary N) is 1. The maximum absolute atomic E-state index is 5.94. The van der Waals surface area contributed by atoms with E-state index in [2.05, 4.69) is 35.6 Å². The van der Waals surface area contributed by atoms with Crippen LogP contribution in [0.2, 0.25) is 0 Å². The molecule has 0 bridgehead atoms. The molecule has 1 heterocycles. The van der Waals surface area contributed by atoms with Gasteiger partial charge in [0.25, 0.3) is 0 Å². The van der Waals surface area contributed by atoms with Gasteiger partial charge >= 0.3 is 0 Å². The van der Waals surface area contributed by atoms with Crippen molar-refractivity contribution in [3.05, 3.63) is 0 Å². The second kappa shape index (κ2) is 9.83. The lowest BCUT2D eigenvalue weighted by Gasteiger charge is -2.30. The van der Waals surface area contributed by atoms with Crippen molar-refractivity contribution < 1.29 is 0 Å². The van der Waals surface area contributed by atoms with E-state index in [1.54, 1.807) is 0 Å². The van der Waals surface area contributed by atoms with Crippen LogP contribution in [-0.2, 0) is 0 Å². The van der Waals surface area contributed by atoms with Crippen molar-refractivity contribution in [1.82, 2.24) is 9.80 Å². The Morgan fingerprint density at radius 1 is 1.39 bits per heavy atom. The van der Waals surface area contributed by atoms with Gasteiger partial charge in [0, 0.05) is 26.2 Å². The Labute approximate surface area is 129 Å². The van der Waals surface area contributed by atoms with Crippen molar-refractivity contribution in [3.63, 3.8) is 0 Å². The SMILES string of the molecule is CCN(CC)C(N)=NCCN1CCCC(C)C1.I. The highest BCUT2D eigenvalue weighted by molar-refractivity contribution is 14.0. The Balaban J connectivity index is 0.00000289. The van der Waals surface area contributed by atoms with Crippen LogP contribution in [0.3, 0.4) is 0 Å². The second-order valence-corrected chi connectivity index (χ2v) is 4.96. The Morgan fingerprint density at radius 2 is 2.06 bits per heavy atom. The Morgan fingerprint density at radius 3 is 2.61 bits per heavy atom. The number of halogens is 1. The molecule has 4 nitrogen and oxygen atoms in total. The molecular weight excluding hydrogens is 339 g/mol. The number of hydrogen-bond donors (Lipinski definition) is 1. The fourth-order valence-corrected chi connectivity index (χ4v) is 2.44. The lowest BCUT2D eigenvalue weighted by molar-refractivity contribution is 0.188. The van der Waals surface area contributed by atoms with Gasteiger partial charge in [-0.05, 0) is 39.2 Å². The van der Waals surface area contributed by atoms with Crippen molar-refractivity contribution in [3.8, 4) is 0 Å². The second-order valence-electron chi connectivity index (χ2n) is 4.96. The lowest BCUT2D eigenvalue weighted by Crippen LogP contribution is -2.39. The monoisotopic (exact) mass is 368 g/mol. The average Bonchev–Trinajstić information content (AvgIpc) is 2.30. The minimum atomic E-state index is 0. The van der Waals surface area contributed by atoms with Crippen LogP contribution in [-0.4, -0.2) is 55.0 Å². The van der Waals surface area contributed by atoms with E-state index in [-0.39, 0.29) is 24.0 Å². The summed E-state index contributed by atoms with van der Waals surface area (Å²) < 4.78 is 0. The van der Waals surface area contributed by atoms with Gasteiger partial charge in [0.05, 0.1) is 6.54 Å². The summed E-state index contributed by atoms with van der Waals surface area (Å²) in [6.45, 7) is 12.8. The Kier molecular flexibility index (Phi) is 9.81. The largest absolute Gasteiger partial charge is 0.370 e. The maximum atomic E-state index is 5.94. The van der Waals surface area contributed by atoms with Crippen molar-refractivity contribution >= 4 is 29.9 Å². The number of piperidine rings is 1. The summed E-state index contributed by atoms with van der Waals surface area (Å²) in [6.07, 6.45) is 2.71. The number of nitrogens with zero attached hydrogens (tertiary/aromatic N) is 3. The van der Waals surface area contributed by atoms with Crippen LogP contribution < -0.4 is 5.73 Å². The van der Waals surface area contributed by atoms with Gasteiger partial charge in [-0.15, -0.1) is 24.0 Å². The molecule has 0 saturated carbocycles. The normalized spacial score (nSPS) is 21.5. The molecular formula is C13H29IN4. The number of likely N-dealkylation sites (tertiary alicyclic amines) is 1. The fourth-order valence-electron chi connectivity index (χ4n) is 2.44. The molecule has 0 radical (unpaired) electrons. The molecule has 0 spiro atoms. The highest BCUT2D eigenvalue weighted by atomic mass is 127. The van der Waals surface area contributed by atoms with Crippen LogP contribution in [0.5, 0.6) is 0 Å². The van der Waals surface area contributed by atoms with Gasteiger partial charge in [0.15, 0.2) is 5.96 Å². The molecule has 1 unspecified atom stereocenters. The summed E-state index contributed by atoms with van der Waals surface area (Å²) in [5.41, 5.74) is 5.94. The van der Waals surface area contributed by atoms with E-state index in [9.17, 15) is 0 Å². The topological polar surface area (TPSA) is 44.9 Å². The molecule has 5 heteroatoms. The molecule has 0 aromatic rings. The lowest BCUT2D eigenvalue weighted by atomic mass is 10.0. The van der Waals surface area contributed by atoms with E-state index in [0.29, 0.717) is 5.96 Å².